The molecule has 20 heavy (non-hydrogen) atoms. The fourth-order valence-corrected chi connectivity index (χ4v) is 2.32. The molecule has 0 aliphatic carbocycles. The van der Waals surface area contributed by atoms with E-state index in [9.17, 15) is 5.11 Å². The minimum absolute atomic E-state index is 0.0356. The molecular weight excluding hydrogens is 246 g/mol. The normalized spacial score (nSPS) is 15.2. The van der Waals surface area contributed by atoms with Crippen molar-refractivity contribution in [3.05, 3.63) is 48.0 Å². The van der Waals surface area contributed by atoms with Crippen molar-refractivity contribution in [2.75, 3.05) is 6.54 Å². The van der Waals surface area contributed by atoms with E-state index in [0.717, 1.165) is 5.56 Å². The Bertz CT molecular complexity index is 414. The maximum absolute atomic E-state index is 10.6. The number of aliphatic hydroxyl groups is 1. The maximum atomic E-state index is 10.6. The number of benzene rings is 1. The van der Waals surface area contributed by atoms with Gasteiger partial charge in [-0.2, -0.15) is 0 Å². The van der Waals surface area contributed by atoms with E-state index in [1.54, 1.807) is 0 Å². The van der Waals surface area contributed by atoms with Crippen molar-refractivity contribution in [3.63, 3.8) is 0 Å². The van der Waals surface area contributed by atoms with Crippen LogP contribution in [-0.4, -0.2) is 17.7 Å². The molecule has 0 aliphatic heterocycles. The third kappa shape index (κ3) is 4.46. The topological polar surface area (TPSA) is 32.3 Å². The summed E-state index contributed by atoms with van der Waals surface area (Å²) in [6.07, 6.45) is 1.33. The van der Waals surface area contributed by atoms with Crippen LogP contribution in [0.3, 0.4) is 0 Å². The summed E-state index contributed by atoms with van der Waals surface area (Å²) < 4.78 is 0. The van der Waals surface area contributed by atoms with Gasteiger partial charge in [-0.1, -0.05) is 65.0 Å². The van der Waals surface area contributed by atoms with Crippen molar-refractivity contribution in [1.29, 1.82) is 0 Å². The molecule has 2 nitrogen and oxygen atoms in total. The molecular formula is C18H29NO. The summed E-state index contributed by atoms with van der Waals surface area (Å²) in [6, 6.07) is 8.34. The third-order valence-corrected chi connectivity index (χ3v) is 3.67. The third-order valence-electron chi connectivity index (χ3n) is 3.67. The van der Waals surface area contributed by atoms with Gasteiger partial charge >= 0.3 is 0 Å². The van der Waals surface area contributed by atoms with Crippen LogP contribution in [0.2, 0.25) is 0 Å². The quantitative estimate of drug-likeness (QED) is 0.774. The average Bonchev–Trinajstić information content (AvgIpc) is 2.37. The molecule has 0 saturated carbocycles. The fraction of sp³-hybridized carbons (Fsp3) is 0.556. The van der Waals surface area contributed by atoms with Crippen LogP contribution < -0.4 is 5.32 Å². The highest BCUT2D eigenvalue weighted by molar-refractivity contribution is 5.29. The highest BCUT2D eigenvalue weighted by Gasteiger charge is 2.23. The molecule has 112 valence electrons. The maximum Gasteiger partial charge on any atom is 0.0945 e. The van der Waals surface area contributed by atoms with Gasteiger partial charge in [0.1, 0.15) is 0 Å². The smallest absolute Gasteiger partial charge is 0.0945 e. The van der Waals surface area contributed by atoms with Gasteiger partial charge in [0.15, 0.2) is 0 Å². The number of hydrogen-bond acceptors (Lipinski definition) is 2. The Labute approximate surface area is 123 Å². The van der Waals surface area contributed by atoms with Gasteiger partial charge in [0.25, 0.3) is 0 Å². The Balaban J connectivity index is 2.89. The largest absolute Gasteiger partial charge is 0.387 e. The minimum atomic E-state index is -0.496. The highest BCUT2D eigenvalue weighted by atomic mass is 16.3. The first-order valence-electron chi connectivity index (χ1n) is 7.40. The molecule has 2 unspecified atom stereocenters. The standard InChI is InChI=1S/C18H29NO/c1-7-12-19-16(13(2)3)17(20)14-8-10-15(11-9-14)18(4,5)6/h7-11,13,16-17,19-20H,1,12H2,2-6H3. The van der Waals surface area contributed by atoms with Crippen molar-refractivity contribution in [2.24, 2.45) is 5.92 Å². The van der Waals surface area contributed by atoms with Crippen LogP contribution >= 0.6 is 0 Å². The zero-order chi connectivity index (χ0) is 15.3. The summed E-state index contributed by atoms with van der Waals surface area (Å²) in [5, 5.41) is 13.9. The van der Waals surface area contributed by atoms with E-state index >= 15 is 0 Å². The molecule has 1 aromatic carbocycles. The second kappa shape index (κ2) is 7.05. The molecule has 0 bridgehead atoms. The lowest BCUT2D eigenvalue weighted by atomic mass is 9.85. The van der Waals surface area contributed by atoms with E-state index in [0.29, 0.717) is 12.5 Å². The van der Waals surface area contributed by atoms with E-state index < -0.39 is 6.10 Å². The minimum Gasteiger partial charge on any atom is -0.387 e. The van der Waals surface area contributed by atoms with Crippen LogP contribution in [-0.2, 0) is 5.41 Å². The predicted molar refractivity (Wildman–Crippen MR) is 86.9 cm³/mol. The zero-order valence-corrected chi connectivity index (χ0v) is 13.5. The van der Waals surface area contributed by atoms with Crippen molar-refractivity contribution >= 4 is 0 Å². The van der Waals surface area contributed by atoms with E-state index in [4.69, 9.17) is 0 Å². The van der Waals surface area contributed by atoms with Gasteiger partial charge in [-0.05, 0) is 22.5 Å². The summed E-state index contributed by atoms with van der Waals surface area (Å²) in [5.74, 6) is 0.354. The average molecular weight is 275 g/mol. The van der Waals surface area contributed by atoms with Crippen LogP contribution in [0.15, 0.2) is 36.9 Å². The first kappa shape index (κ1) is 16.9. The molecule has 1 aromatic rings. The van der Waals surface area contributed by atoms with Crippen molar-refractivity contribution in [2.45, 2.75) is 52.2 Å². The lowest BCUT2D eigenvalue weighted by molar-refractivity contribution is 0.107. The van der Waals surface area contributed by atoms with Crippen molar-refractivity contribution in [1.82, 2.24) is 5.32 Å². The lowest BCUT2D eigenvalue weighted by Crippen LogP contribution is -2.39. The Morgan fingerprint density at radius 3 is 2.15 bits per heavy atom. The Morgan fingerprint density at radius 2 is 1.75 bits per heavy atom. The summed E-state index contributed by atoms with van der Waals surface area (Å²) in [7, 11) is 0. The van der Waals surface area contributed by atoms with Crippen molar-refractivity contribution in [3.8, 4) is 0 Å². The Morgan fingerprint density at radius 1 is 1.20 bits per heavy atom. The summed E-state index contributed by atoms with van der Waals surface area (Å²) in [4.78, 5) is 0. The Kier molecular flexibility index (Phi) is 5.97. The monoisotopic (exact) mass is 275 g/mol. The molecule has 0 spiro atoms. The fourth-order valence-electron chi connectivity index (χ4n) is 2.32. The van der Waals surface area contributed by atoms with Gasteiger partial charge in [0.2, 0.25) is 0 Å². The lowest BCUT2D eigenvalue weighted by Gasteiger charge is -2.28. The van der Waals surface area contributed by atoms with Gasteiger partial charge < -0.3 is 10.4 Å². The van der Waals surface area contributed by atoms with E-state index in [-0.39, 0.29) is 11.5 Å². The van der Waals surface area contributed by atoms with Gasteiger partial charge in [-0.25, -0.2) is 0 Å². The number of hydrogen-bond donors (Lipinski definition) is 2. The van der Waals surface area contributed by atoms with Gasteiger partial charge in [0, 0.05) is 12.6 Å². The Hall–Kier alpha value is -1.12. The first-order valence-corrected chi connectivity index (χ1v) is 7.40. The summed E-state index contributed by atoms with van der Waals surface area (Å²) in [6.45, 7) is 15.3. The molecule has 0 saturated heterocycles. The molecule has 0 heterocycles. The second-order valence-corrected chi connectivity index (χ2v) is 6.78. The molecule has 0 aliphatic rings. The molecule has 0 radical (unpaired) electrons. The molecule has 0 aromatic heterocycles. The molecule has 0 amide bonds. The summed E-state index contributed by atoms with van der Waals surface area (Å²) >= 11 is 0. The van der Waals surface area contributed by atoms with Crippen LogP contribution in [0, 0.1) is 5.92 Å². The van der Waals surface area contributed by atoms with Gasteiger partial charge in [-0.3, -0.25) is 0 Å². The number of nitrogens with one attached hydrogen (secondary N) is 1. The number of rotatable bonds is 6. The van der Waals surface area contributed by atoms with Crippen LogP contribution in [0.25, 0.3) is 0 Å². The van der Waals surface area contributed by atoms with Crippen LogP contribution in [0.1, 0.15) is 51.8 Å². The molecule has 2 atom stereocenters. The molecule has 0 fully saturated rings. The summed E-state index contributed by atoms with van der Waals surface area (Å²) in [5.41, 5.74) is 2.39. The molecule has 2 heteroatoms. The van der Waals surface area contributed by atoms with E-state index in [2.05, 4.69) is 58.6 Å². The number of aliphatic hydroxyl groups excluding tert-OH is 1. The van der Waals surface area contributed by atoms with Gasteiger partial charge in [0.05, 0.1) is 6.10 Å². The first-order chi connectivity index (χ1) is 9.27. The molecule has 2 N–H and O–H groups in total. The van der Waals surface area contributed by atoms with E-state index in [1.165, 1.54) is 5.56 Å². The van der Waals surface area contributed by atoms with E-state index in [1.807, 2.05) is 18.2 Å². The van der Waals surface area contributed by atoms with Gasteiger partial charge in [-0.15, -0.1) is 6.58 Å². The second-order valence-electron chi connectivity index (χ2n) is 6.78. The van der Waals surface area contributed by atoms with Crippen molar-refractivity contribution < 1.29 is 5.11 Å². The SMILES string of the molecule is C=CCNC(C(C)C)C(O)c1ccc(C(C)(C)C)cc1. The highest BCUT2D eigenvalue weighted by Crippen LogP contribution is 2.26. The predicted octanol–water partition coefficient (Wildman–Crippen LogP) is 3.82. The zero-order valence-electron chi connectivity index (χ0n) is 13.5. The van der Waals surface area contributed by atoms with Crippen LogP contribution in [0.5, 0.6) is 0 Å². The van der Waals surface area contributed by atoms with Crippen LogP contribution in [0.4, 0.5) is 0 Å². The molecule has 1 rings (SSSR count).